The van der Waals surface area contributed by atoms with Crippen LogP contribution in [0.25, 0.3) is 0 Å². The summed E-state index contributed by atoms with van der Waals surface area (Å²) < 4.78 is 4.57. The molecule has 0 unspecified atom stereocenters. The molecule has 1 fully saturated rings. The SMILES string of the molecule is COC(=O)c1ccc(NCc2ccc(C(=O)NC3CC3)cc2)nn1. The molecule has 2 N–H and O–H groups in total. The van der Waals surface area contributed by atoms with Gasteiger partial charge in [-0.05, 0) is 42.7 Å². The Morgan fingerprint density at radius 1 is 1.12 bits per heavy atom. The van der Waals surface area contributed by atoms with Gasteiger partial charge in [-0.15, -0.1) is 10.2 Å². The van der Waals surface area contributed by atoms with Crippen molar-refractivity contribution in [2.75, 3.05) is 12.4 Å². The van der Waals surface area contributed by atoms with E-state index in [4.69, 9.17) is 0 Å². The number of ether oxygens (including phenoxy) is 1. The molecule has 0 radical (unpaired) electrons. The van der Waals surface area contributed by atoms with E-state index in [-0.39, 0.29) is 11.6 Å². The first kappa shape index (κ1) is 15.9. The number of nitrogens with zero attached hydrogens (tertiary/aromatic N) is 2. The number of esters is 1. The van der Waals surface area contributed by atoms with Gasteiger partial charge in [0.05, 0.1) is 7.11 Å². The number of rotatable bonds is 6. The maximum atomic E-state index is 11.9. The highest BCUT2D eigenvalue weighted by molar-refractivity contribution is 5.94. The molecule has 0 atom stereocenters. The second kappa shape index (κ2) is 7.08. The van der Waals surface area contributed by atoms with Gasteiger partial charge in [0.15, 0.2) is 5.69 Å². The zero-order valence-corrected chi connectivity index (χ0v) is 13.3. The summed E-state index contributed by atoms with van der Waals surface area (Å²) >= 11 is 0. The summed E-state index contributed by atoms with van der Waals surface area (Å²) in [6.45, 7) is 0.538. The second-order valence-corrected chi connectivity index (χ2v) is 5.59. The molecule has 7 nitrogen and oxygen atoms in total. The molecule has 0 saturated heterocycles. The van der Waals surface area contributed by atoms with E-state index in [1.54, 1.807) is 24.3 Å². The molecule has 1 aliphatic carbocycles. The lowest BCUT2D eigenvalue weighted by Crippen LogP contribution is -2.25. The number of amides is 1. The summed E-state index contributed by atoms with van der Waals surface area (Å²) in [4.78, 5) is 23.2. The number of methoxy groups -OCH3 is 1. The van der Waals surface area contributed by atoms with Crippen molar-refractivity contribution in [1.29, 1.82) is 0 Å². The maximum Gasteiger partial charge on any atom is 0.358 e. The summed E-state index contributed by atoms with van der Waals surface area (Å²) in [6, 6.07) is 11.0. The molecular formula is C17H18N4O3. The van der Waals surface area contributed by atoms with Crippen LogP contribution in [0.2, 0.25) is 0 Å². The van der Waals surface area contributed by atoms with Gasteiger partial charge in [0.1, 0.15) is 5.82 Å². The Hall–Kier alpha value is -2.96. The van der Waals surface area contributed by atoms with E-state index < -0.39 is 5.97 Å². The lowest BCUT2D eigenvalue weighted by molar-refractivity contribution is 0.0592. The Balaban J connectivity index is 1.54. The molecule has 1 amide bonds. The summed E-state index contributed by atoms with van der Waals surface area (Å²) in [5, 5.41) is 13.8. The van der Waals surface area contributed by atoms with Crippen LogP contribution in [0.4, 0.5) is 5.82 Å². The van der Waals surface area contributed by atoms with Crippen LogP contribution in [0.5, 0.6) is 0 Å². The monoisotopic (exact) mass is 326 g/mol. The van der Waals surface area contributed by atoms with Gasteiger partial charge in [-0.3, -0.25) is 4.79 Å². The van der Waals surface area contributed by atoms with Gasteiger partial charge < -0.3 is 15.4 Å². The van der Waals surface area contributed by atoms with Gasteiger partial charge in [0, 0.05) is 18.2 Å². The molecule has 7 heteroatoms. The van der Waals surface area contributed by atoms with E-state index in [0.717, 1.165) is 18.4 Å². The van der Waals surface area contributed by atoms with Crippen molar-refractivity contribution in [1.82, 2.24) is 15.5 Å². The van der Waals surface area contributed by atoms with Crippen LogP contribution in [0.15, 0.2) is 36.4 Å². The minimum atomic E-state index is -0.519. The van der Waals surface area contributed by atoms with Gasteiger partial charge in [-0.25, -0.2) is 4.79 Å². The van der Waals surface area contributed by atoms with E-state index in [9.17, 15) is 9.59 Å². The fourth-order valence-corrected chi connectivity index (χ4v) is 2.10. The van der Waals surface area contributed by atoms with Gasteiger partial charge in [-0.2, -0.15) is 0 Å². The molecule has 3 rings (SSSR count). The van der Waals surface area contributed by atoms with Gasteiger partial charge >= 0.3 is 5.97 Å². The van der Waals surface area contributed by atoms with Crippen LogP contribution in [-0.4, -0.2) is 35.2 Å². The molecule has 1 heterocycles. The fourth-order valence-electron chi connectivity index (χ4n) is 2.10. The quantitative estimate of drug-likeness (QED) is 0.786. The molecule has 124 valence electrons. The fraction of sp³-hybridized carbons (Fsp3) is 0.294. The average Bonchev–Trinajstić information content (AvgIpc) is 3.44. The summed E-state index contributed by atoms with van der Waals surface area (Å²) in [5.41, 5.74) is 1.83. The van der Waals surface area contributed by atoms with Crippen LogP contribution in [0.1, 0.15) is 39.3 Å². The molecule has 1 aromatic carbocycles. The molecule has 1 saturated carbocycles. The number of anilines is 1. The largest absolute Gasteiger partial charge is 0.464 e. The van der Waals surface area contributed by atoms with Crippen molar-refractivity contribution in [3.8, 4) is 0 Å². The molecule has 24 heavy (non-hydrogen) atoms. The van der Waals surface area contributed by atoms with Crippen LogP contribution in [0.3, 0.4) is 0 Å². The van der Waals surface area contributed by atoms with E-state index in [1.807, 2.05) is 12.1 Å². The lowest BCUT2D eigenvalue weighted by Gasteiger charge is -2.07. The summed E-state index contributed by atoms with van der Waals surface area (Å²) in [5.74, 6) is 0.00796. The predicted octanol–water partition coefficient (Wildman–Crippen LogP) is 1.77. The Bertz CT molecular complexity index is 725. The topological polar surface area (TPSA) is 93.2 Å². The van der Waals surface area contributed by atoms with E-state index in [0.29, 0.717) is 24.0 Å². The van der Waals surface area contributed by atoms with Crippen molar-refractivity contribution in [3.05, 3.63) is 53.2 Å². The third kappa shape index (κ3) is 4.07. The van der Waals surface area contributed by atoms with Gasteiger partial charge in [-0.1, -0.05) is 12.1 Å². The number of aromatic nitrogens is 2. The highest BCUT2D eigenvalue weighted by Crippen LogP contribution is 2.19. The minimum absolute atomic E-state index is 0.0266. The van der Waals surface area contributed by atoms with Gasteiger partial charge in [0.2, 0.25) is 0 Å². The third-order valence-electron chi connectivity index (χ3n) is 3.66. The minimum Gasteiger partial charge on any atom is -0.464 e. The highest BCUT2D eigenvalue weighted by atomic mass is 16.5. The predicted molar refractivity (Wildman–Crippen MR) is 87.6 cm³/mol. The Morgan fingerprint density at radius 3 is 2.46 bits per heavy atom. The third-order valence-corrected chi connectivity index (χ3v) is 3.66. The number of hydrogen-bond acceptors (Lipinski definition) is 6. The number of hydrogen-bond donors (Lipinski definition) is 2. The first-order valence-electron chi connectivity index (χ1n) is 7.71. The van der Waals surface area contributed by atoms with Crippen molar-refractivity contribution >= 4 is 17.7 Å². The number of carbonyl (C=O) groups is 2. The smallest absolute Gasteiger partial charge is 0.358 e. The molecular weight excluding hydrogens is 308 g/mol. The Morgan fingerprint density at radius 2 is 1.88 bits per heavy atom. The Kier molecular flexibility index (Phi) is 4.69. The first-order chi connectivity index (χ1) is 11.7. The average molecular weight is 326 g/mol. The van der Waals surface area contributed by atoms with Crippen molar-refractivity contribution < 1.29 is 14.3 Å². The van der Waals surface area contributed by atoms with Crippen molar-refractivity contribution in [3.63, 3.8) is 0 Å². The van der Waals surface area contributed by atoms with E-state index in [1.165, 1.54) is 7.11 Å². The lowest BCUT2D eigenvalue weighted by atomic mass is 10.1. The van der Waals surface area contributed by atoms with Crippen molar-refractivity contribution in [2.45, 2.75) is 25.4 Å². The molecule has 0 aliphatic heterocycles. The molecule has 1 aliphatic rings. The highest BCUT2D eigenvalue weighted by Gasteiger charge is 2.23. The first-order valence-corrected chi connectivity index (χ1v) is 7.71. The number of nitrogens with one attached hydrogen (secondary N) is 2. The molecule has 0 spiro atoms. The number of benzene rings is 1. The van der Waals surface area contributed by atoms with E-state index in [2.05, 4.69) is 25.6 Å². The summed E-state index contributed by atoms with van der Waals surface area (Å²) in [7, 11) is 1.30. The summed E-state index contributed by atoms with van der Waals surface area (Å²) in [6.07, 6.45) is 2.15. The normalized spacial score (nSPS) is 13.2. The Labute approximate surface area is 139 Å². The van der Waals surface area contributed by atoms with E-state index >= 15 is 0 Å². The molecule has 1 aromatic heterocycles. The molecule has 2 aromatic rings. The standard InChI is InChI=1S/C17H18N4O3/c1-24-17(23)14-8-9-15(21-20-14)18-10-11-2-4-12(5-3-11)16(22)19-13-6-7-13/h2-5,8-9,13H,6-7,10H2,1H3,(H,18,21)(H,19,22). The van der Waals surface area contributed by atoms with Crippen LogP contribution >= 0.6 is 0 Å². The maximum absolute atomic E-state index is 11.9. The number of carbonyl (C=O) groups excluding carboxylic acids is 2. The van der Waals surface area contributed by atoms with Crippen LogP contribution < -0.4 is 10.6 Å². The van der Waals surface area contributed by atoms with Gasteiger partial charge in [0.25, 0.3) is 5.91 Å². The van der Waals surface area contributed by atoms with Crippen LogP contribution in [0, 0.1) is 0 Å². The zero-order chi connectivity index (χ0) is 16.9. The molecule has 0 bridgehead atoms. The second-order valence-electron chi connectivity index (χ2n) is 5.59. The van der Waals surface area contributed by atoms with Crippen molar-refractivity contribution in [2.24, 2.45) is 0 Å². The van der Waals surface area contributed by atoms with Crippen LogP contribution in [-0.2, 0) is 11.3 Å². The zero-order valence-electron chi connectivity index (χ0n) is 13.3.